The van der Waals surface area contributed by atoms with Crippen LogP contribution < -0.4 is 16.6 Å². The van der Waals surface area contributed by atoms with E-state index in [0.29, 0.717) is 17.8 Å². The smallest absolute Gasteiger partial charge is 0.325 e. The van der Waals surface area contributed by atoms with E-state index in [4.69, 9.17) is 0 Å². The number of carbonyl (C=O) groups is 1. The van der Waals surface area contributed by atoms with Crippen LogP contribution >= 0.6 is 0 Å². The summed E-state index contributed by atoms with van der Waals surface area (Å²) in [6.45, 7) is 0. The van der Waals surface area contributed by atoms with Gasteiger partial charge in [0.25, 0.3) is 5.56 Å². The number of anilines is 1. The van der Waals surface area contributed by atoms with Gasteiger partial charge in [-0.3, -0.25) is 14.6 Å². The van der Waals surface area contributed by atoms with Crippen LogP contribution in [0.15, 0.2) is 64.6 Å². The Balaban J connectivity index is 1.49. The Bertz CT molecular complexity index is 1340. The second-order valence-electron chi connectivity index (χ2n) is 6.97. The number of nitrogens with one attached hydrogen (secondary N) is 3. The first-order valence-corrected chi connectivity index (χ1v) is 9.13. The van der Waals surface area contributed by atoms with E-state index in [9.17, 15) is 14.4 Å². The van der Waals surface area contributed by atoms with Crippen molar-refractivity contribution in [3.8, 4) is 11.3 Å². The highest BCUT2D eigenvalue weighted by Gasteiger charge is 2.45. The average molecular weight is 388 g/mol. The van der Waals surface area contributed by atoms with E-state index >= 15 is 0 Å². The topological polar surface area (TPSA) is 125 Å². The molecule has 0 radical (unpaired) electrons. The molecule has 2 atom stereocenters. The minimum Gasteiger partial charge on any atom is -0.326 e. The predicted molar refractivity (Wildman–Crippen MR) is 106 cm³/mol. The van der Waals surface area contributed by atoms with Gasteiger partial charge in [-0.15, -0.1) is 0 Å². The molecule has 144 valence electrons. The van der Waals surface area contributed by atoms with Gasteiger partial charge in [-0.1, -0.05) is 18.2 Å². The number of aromatic amines is 2. The molecule has 3 heterocycles. The van der Waals surface area contributed by atoms with Gasteiger partial charge in [0, 0.05) is 41.7 Å². The molecule has 0 bridgehead atoms. The van der Waals surface area contributed by atoms with Gasteiger partial charge < -0.3 is 10.3 Å². The van der Waals surface area contributed by atoms with Gasteiger partial charge in [-0.25, -0.2) is 14.3 Å². The van der Waals surface area contributed by atoms with Crippen LogP contribution in [0.4, 0.5) is 5.69 Å². The van der Waals surface area contributed by atoms with E-state index < -0.39 is 11.2 Å². The Kier molecular flexibility index (Phi) is 3.87. The lowest BCUT2D eigenvalue weighted by atomic mass is 10.1. The van der Waals surface area contributed by atoms with Crippen LogP contribution in [0.25, 0.3) is 16.9 Å². The normalized spacial score (nSPS) is 17.9. The van der Waals surface area contributed by atoms with Crippen LogP contribution in [-0.2, 0) is 4.79 Å². The number of rotatable bonds is 4. The monoisotopic (exact) mass is 388 g/mol. The van der Waals surface area contributed by atoms with E-state index in [1.807, 2.05) is 30.3 Å². The minimum atomic E-state index is -0.581. The number of amides is 1. The maximum absolute atomic E-state index is 12.6. The van der Waals surface area contributed by atoms with Crippen LogP contribution in [0.2, 0.25) is 0 Å². The number of benzene rings is 1. The average Bonchev–Trinajstić information content (AvgIpc) is 3.37. The summed E-state index contributed by atoms with van der Waals surface area (Å²) < 4.78 is 1.58. The maximum atomic E-state index is 12.6. The van der Waals surface area contributed by atoms with Crippen molar-refractivity contribution >= 4 is 17.2 Å². The highest BCUT2D eigenvalue weighted by molar-refractivity contribution is 5.95. The molecule has 1 aliphatic carbocycles. The van der Waals surface area contributed by atoms with E-state index in [1.165, 1.54) is 6.20 Å². The quantitative estimate of drug-likeness (QED) is 0.489. The standard InChI is InChI=1S/C20H16N6O3/c27-18(23-11-4-2-1-3-5-11)14-8-12(14)13-9-16(25-26-7-6-21-17(13)26)15-10-22-20(29)24-19(15)28/h1-7,9-10,12,14H,8H2,(H,23,27)(H2,22,24,28,29)/t12-,14+/m0/s1. The number of para-hydroxylation sites is 1. The highest BCUT2D eigenvalue weighted by atomic mass is 16.2. The summed E-state index contributed by atoms with van der Waals surface area (Å²) in [4.78, 5) is 45.1. The lowest BCUT2D eigenvalue weighted by Gasteiger charge is -2.08. The molecule has 1 amide bonds. The van der Waals surface area contributed by atoms with Gasteiger partial charge in [0.05, 0.1) is 11.3 Å². The van der Waals surface area contributed by atoms with Crippen molar-refractivity contribution in [2.24, 2.45) is 5.92 Å². The summed E-state index contributed by atoms with van der Waals surface area (Å²) >= 11 is 0. The summed E-state index contributed by atoms with van der Waals surface area (Å²) in [7, 11) is 0. The molecule has 1 saturated carbocycles. The van der Waals surface area contributed by atoms with Gasteiger partial charge in [0.2, 0.25) is 5.91 Å². The molecule has 1 fully saturated rings. The van der Waals surface area contributed by atoms with Crippen LogP contribution in [0.5, 0.6) is 0 Å². The van der Waals surface area contributed by atoms with Crippen LogP contribution in [0.1, 0.15) is 17.9 Å². The summed E-state index contributed by atoms with van der Waals surface area (Å²) in [6, 6.07) is 11.1. The molecule has 0 saturated heterocycles. The summed E-state index contributed by atoms with van der Waals surface area (Å²) in [5.41, 5.74) is 1.78. The summed E-state index contributed by atoms with van der Waals surface area (Å²) in [5.74, 6) is -0.252. The molecule has 9 heteroatoms. The van der Waals surface area contributed by atoms with E-state index in [0.717, 1.165) is 11.3 Å². The number of aromatic nitrogens is 5. The van der Waals surface area contributed by atoms with Gasteiger partial charge in [-0.2, -0.15) is 5.10 Å². The minimum absolute atomic E-state index is 0.0211. The second kappa shape index (κ2) is 6.55. The molecule has 0 unspecified atom stereocenters. The van der Waals surface area contributed by atoms with Crippen LogP contribution in [0, 0.1) is 5.92 Å². The number of hydrogen-bond donors (Lipinski definition) is 3. The molecule has 5 rings (SSSR count). The fourth-order valence-corrected chi connectivity index (χ4v) is 3.53. The fourth-order valence-electron chi connectivity index (χ4n) is 3.53. The largest absolute Gasteiger partial charge is 0.326 e. The predicted octanol–water partition coefficient (Wildman–Crippen LogP) is 1.52. The summed E-state index contributed by atoms with van der Waals surface area (Å²) in [6.07, 6.45) is 5.33. The molecule has 0 spiro atoms. The molecular weight excluding hydrogens is 372 g/mol. The number of carbonyl (C=O) groups excluding carboxylic acids is 1. The van der Waals surface area contributed by atoms with E-state index in [-0.39, 0.29) is 23.3 Å². The van der Waals surface area contributed by atoms with Gasteiger partial charge in [-0.05, 0) is 24.6 Å². The third-order valence-electron chi connectivity index (χ3n) is 5.05. The number of H-pyrrole nitrogens is 2. The Morgan fingerprint density at radius 3 is 2.83 bits per heavy atom. The molecule has 1 aromatic carbocycles. The number of fused-ring (bicyclic) bond motifs is 1. The molecule has 3 N–H and O–H groups in total. The van der Waals surface area contributed by atoms with Crippen molar-refractivity contribution < 1.29 is 4.79 Å². The Morgan fingerprint density at radius 2 is 2.03 bits per heavy atom. The number of imidazole rings is 1. The first-order chi connectivity index (χ1) is 14.1. The first kappa shape index (κ1) is 17.1. The zero-order valence-electron chi connectivity index (χ0n) is 15.1. The van der Waals surface area contributed by atoms with Gasteiger partial charge in [0.1, 0.15) is 0 Å². The lowest BCUT2D eigenvalue weighted by molar-refractivity contribution is -0.117. The van der Waals surface area contributed by atoms with Crippen molar-refractivity contribution in [2.75, 3.05) is 5.32 Å². The molecule has 29 heavy (non-hydrogen) atoms. The maximum Gasteiger partial charge on any atom is 0.325 e. The van der Waals surface area contributed by atoms with Crippen molar-refractivity contribution in [1.82, 2.24) is 24.6 Å². The zero-order valence-corrected chi connectivity index (χ0v) is 15.1. The van der Waals surface area contributed by atoms with Crippen molar-refractivity contribution in [1.29, 1.82) is 0 Å². The van der Waals surface area contributed by atoms with Gasteiger partial charge in [0.15, 0.2) is 5.65 Å². The summed E-state index contributed by atoms with van der Waals surface area (Å²) in [5, 5.41) is 7.35. The Hall–Kier alpha value is -4.01. The highest BCUT2D eigenvalue weighted by Crippen LogP contribution is 2.49. The molecule has 1 aliphatic rings. The number of hydrogen-bond acceptors (Lipinski definition) is 5. The molecule has 0 aliphatic heterocycles. The number of nitrogens with zero attached hydrogens (tertiary/aromatic N) is 3. The molecule has 9 nitrogen and oxygen atoms in total. The Labute approximate surface area is 163 Å². The van der Waals surface area contributed by atoms with Crippen molar-refractivity contribution in [3.05, 3.63) is 81.4 Å². The third-order valence-corrected chi connectivity index (χ3v) is 5.05. The van der Waals surface area contributed by atoms with E-state index in [2.05, 4.69) is 25.4 Å². The SMILES string of the molecule is O=C(Nc1ccccc1)[C@@H]1C[C@H]1c1cc(-c2c[nH]c(=O)[nH]c2=O)nn2ccnc12. The molecular formula is C20H16N6O3. The molecule has 3 aromatic heterocycles. The first-order valence-electron chi connectivity index (χ1n) is 9.13. The van der Waals surface area contributed by atoms with Crippen LogP contribution in [0.3, 0.4) is 0 Å². The van der Waals surface area contributed by atoms with Gasteiger partial charge >= 0.3 is 5.69 Å². The van der Waals surface area contributed by atoms with Crippen LogP contribution in [-0.4, -0.2) is 30.5 Å². The molecule has 4 aromatic rings. The third kappa shape index (κ3) is 3.12. The Morgan fingerprint density at radius 1 is 1.21 bits per heavy atom. The fraction of sp³-hybridized carbons (Fsp3) is 0.150. The van der Waals surface area contributed by atoms with Crippen molar-refractivity contribution in [2.45, 2.75) is 12.3 Å². The lowest BCUT2D eigenvalue weighted by Crippen LogP contribution is -2.23. The van der Waals surface area contributed by atoms with E-state index in [1.54, 1.807) is 23.0 Å². The second-order valence-corrected chi connectivity index (χ2v) is 6.97. The zero-order chi connectivity index (χ0) is 20.0. The van der Waals surface area contributed by atoms with Crippen molar-refractivity contribution in [3.63, 3.8) is 0 Å².